The minimum Gasteiger partial charge on any atom is -0.465 e. The second kappa shape index (κ2) is 5.79. The Labute approximate surface area is 113 Å². The Morgan fingerprint density at radius 1 is 1.25 bits per heavy atom. The molecule has 1 amide bonds. The van der Waals surface area contributed by atoms with Crippen molar-refractivity contribution < 1.29 is 14.3 Å². The van der Waals surface area contributed by atoms with Gasteiger partial charge in [0, 0.05) is 11.9 Å². The lowest BCUT2D eigenvalue weighted by molar-refractivity contribution is 0.0600. The van der Waals surface area contributed by atoms with Crippen LogP contribution in [0.2, 0.25) is 0 Å². The highest BCUT2D eigenvalue weighted by atomic mass is 16.5. The SMILES string of the molecule is COC(=O)c1ccc(NC(=O)c2cnc[nH]c2=O)cc1. The zero-order chi connectivity index (χ0) is 14.5. The molecule has 0 spiro atoms. The number of anilines is 1. The van der Waals surface area contributed by atoms with E-state index in [1.807, 2.05) is 0 Å². The van der Waals surface area contributed by atoms with E-state index in [9.17, 15) is 14.4 Å². The van der Waals surface area contributed by atoms with Gasteiger partial charge in [0.1, 0.15) is 5.56 Å². The van der Waals surface area contributed by atoms with E-state index in [1.54, 1.807) is 0 Å². The van der Waals surface area contributed by atoms with Crippen molar-refractivity contribution in [3.63, 3.8) is 0 Å². The molecule has 20 heavy (non-hydrogen) atoms. The number of aromatic nitrogens is 2. The van der Waals surface area contributed by atoms with Crippen LogP contribution in [0.15, 0.2) is 41.6 Å². The Bertz CT molecular complexity index is 691. The van der Waals surface area contributed by atoms with Crippen LogP contribution in [-0.4, -0.2) is 29.0 Å². The number of esters is 1. The maximum absolute atomic E-state index is 11.8. The van der Waals surface area contributed by atoms with Gasteiger partial charge in [-0.1, -0.05) is 0 Å². The predicted octanol–water partition coefficient (Wildman–Crippen LogP) is 0.809. The zero-order valence-corrected chi connectivity index (χ0v) is 10.5. The lowest BCUT2D eigenvalue weighted by Crippen LogP contribution is -2.23. The highest BCUT2D eigenvalue weighted by Crippen LogP contribution is 2.11. The molecule has 0 aliphatic rings. The van der Waals surface area contributed by atoms with E-state index in [2.05, 4.69) is 20.0 Å². The number of benzene rings is 1. The molecule has 2 rings (SSSR count). The van der Waals surface area contributed by atoms with Crippen LogP contribution in [0.25, 0.3) is 0 Å². The number of carbonyl (C=O) groups excluding carboxylic acids is 2. The Morgan fingerprint density at radius 2 is 1.95 bits per heavy atom. The molecular formula is C13H11N3O4. The Kier molecular flexibility index (Phi) is 3.90. The Morgan fingerprint density at radius 3 is 2.55 bits per heavy atom. The van der Waals surface area contributed by atoms with Crippen molar-refractivity contribution in [1.82, 2.24) is 9.97 Å². The first-order valence-electron chi connectivity index (χ1n) is 5.64. The predicted molar refractivity (Wildman–Crippen MR) is 70.6 cm³/mol. The molecule has 0 unspecified atom stereocenters. The van der Waals surface area contributed by atoms with Gasteiger partial charge in [-0.05, 0) is 24.3 Å². The van der Waals surface area contributed by atoms with Gasteiger partial charge in [0.15, 0.2) is 0 Å². The molecule has 1 aromatic carbocycles. The molecule has 0 radical (unpaired) electrons. The van der Waals surface area contributed by atoms with Crippen molar-refractivity contribution in [3.05, 3.63) is 58.3 Å². The molecule has 7 heteroatoms. The number of aromatic amines is 1. The molecule has 7 nitrogen and oxygen atoms in total. The summed E-state index contributed by atoms with van der Waals surface area (Å²) in [4.78, 5) is 40.5. The number of amides is 1. The van der Waals surface area contributed by atoms with Gasteiger partial charge in [-0.3, -0.25) is 9.59 Å². The van der Waals surface area contributed by atoms with Crippen LogP contribution in [0.1, 0.15) is 20.7 Å². The largest absolute Gasteiger partial charge is 0.465 e. The van der Waals surface area contributed by atoms with Crippen LogP contribution < -0.4 is 10.9 Å². The van der Waals surface area contributed by atoms with Gasteiger partial charge in [-0.15, -0.1) is 0 Å². The number of rotatable bonds is 3. The molecule has 0 atom stereocenters. The minimum atomic E-state index is -0.579. The van der Waals surface area contributed by atoms with Crippen LogP contribution in [0.4, 0.5) is 5.69 Å². The molecule has 0 aliphatic carbocycles. The third-order valence-electron chi connectivity index (χ3n) is 2.53. The fraction of sp³-hybridized carbons (Fsp3) is 0.0769. The molecule has 0 bridgehead atoms. The van der Waals surface area contributed by atoms with E-state index in [-0.39, 0.29) is 5.56 Å². The topological polar surface area (TPSA) is 101 Å². The van der Waals surface area contributed by atoms with Crippen LogP contribution >= 0.6 is 0 Å². The van der Waals surface area contributed by atoms with Crippen LogP contribution in [-0.2, 0) is 4.74 Å². The van der Waals surface area contributed by atoms with E-state index >= 15 is 0 Å². The molecule has 1 heterocycles. The number of ether oxygens (including phenoxy) is 1. The molecule has 0 fully saturated rings. The van der Waals surface area contributed by atoms with Crippen molar-refractivity contribution in [1.29, 1.82) is 0 Å². The fourth-order valence-corrected chi connectivity index (χ4v) is 1.51. The highest BCUT2D eigenvalue weighted by molar-refractivity contribution is 6.04. The van der Waals surface area contributed by atoms with Gasteiger partial charge >= 0.3 is 5.97 Å². The molecule has 0 saturated heterocycles. The van der Waals surface area contributed by atoms with Crippen molar-refractivity contribution >= 4 is 17.6 Å². The average molecular weight is 273 g/mol. The van der Waals surface area contributed by atoms with Crippen LogP contribution in [0, 0.1) is 0 Å². The Hall–Kier alpha value is -2.96. The fourth-order valence-electron chi connectivity index (χ4n) is 1.51. The quantitative estimate of drug-likeness (QED) is 0.806. The second-order valence-electron chi connectivity index (χ2n) is 3.82. The maximum atomic E-state index is 11.8. The first-order valence-corrected chi connectivity index (χ1v) is 5.64. The molecule has 0 aliphatic heterocycles. The smallest absolute Gasteiger partial charge is 0.337 e. The zero-order valence-electron chi connectivity index (χ0n) is 10.5. The van der Waals surface area contributed by atoms with Crippen molar-refractivity contribution in [2.45, 2.75) is 0 Å². The molecule has 2 aromatic rings. The third kappa shape index (κ3) is 2.89. The summed E-state index contributed by atoms with van der Waals surface area (Å²) in [6, 6.07) is 6.09. The summed E-state index contributed by atoms with van der Waals surface area (Å²) in [5.41, 5.74) is 0.198. The number of hydrogen-bond donors (Lipinski definition) is 2. The van der Waals surface area contributed by atoms with Gasteiger partial charge in [0.25, 0.3) is 11.5 Å². The summed E-state index contributed by atoms with van der Waals surface area (Å²) in [6.07, 6.45) is 2.38. The number of nitrogens with one attached hydrogen (secondary N) is 2. The normalized spacial score (nSPS) is 9.85. The van der Waals surface area contributed by atoms with E-state index in [0.29, 0.717) is 11.3 Å². The number of H-pyrrole nitrogens is 1. The van der Waals surface area contributed by atoms with E-state index in [4.69, 9.17) is 0 Å². The number of hydrogen-bond acceptors (Lipinski definition) is 5. The molecule has 2 N–H and O–H groups in total. The molecule has 1 aromatic heterocycles. The highest BCUT2D eigenvalue weighted by Gasteiger charge is 2.11. The first kappa shape index (κ1) is 13.5. The van der Waals surface area contributed by atoms with Gasteiger partial charge in [-0.25, -0.2) is 9.78 Å². The number of nitrogens with zero attached hydrogens (tertiary/aromatic N) is 1. The summed E-state index contributed by atoms with van der Waals surface area (Å²) in [6.45, 7) is 0. The minimum absolute atomic E-state index is 0.0930. The van der Waals surface area contributed by atoms with E-state index < -0.39 is 17.4 Å². The second-order valence-corrected chi connectivity index (χ2v) is 3.82. The van der Waals surface area contributed by atoms with Crippen LogP contribution in [0.5, 0.6) is 0 Å². The third-order valence-corrected chi connectivity index (χ3v) is 2.53. The van der Waals surface area contributed by atoms with Crippen molar-refractivity contribution in [2.75, 3.05) is 12.4 Å². The van der Waals surface area contributed by atoms with Crippen molar-refractivity contribution in [2.24, 2.45) is 0 Å². The summed E-state index contributed by atoms with van der Waals surface area (Å²) >= 11 is 0. The van der Waals surface area contributed by atoms with E-state index in [1.165, 1.54) is 43.9 Å². The maximum Gasteiger partial charge on any atom is 0.337 e. The van der Waals surface area contributed by atoms with Crippen molar-refractivity contribution in [3.8, 4) is 0 Å². The molecular weight excluding hydrogens is 262 g/mol. The van der Waals surface area contributed by atoms with Gasteiger partial charge in [0.05, 0.1) is 19.0 Å². The van der Waals surface area contributed by atoms with E-state index in [0.717, 1.165) is 0 Å². The standard InChI is InChI=1S/C13H11N3O4/c1-20-13(19)8-2-4-9(5-3-8)16-12(18)10-6-14-7-15-11(10)17/h2-7H,1H3,(H,16,18)(H,14,15,17). The lowest BCUT2D eigenvalue weighted by Gasteiger charge is -2.05. The summed E-state index contributed by atoms with van der Waals surface area (Å²) in [5, 5.41) is 2.53. The average Bonchev–Trinajstić information content (AvgIpc) is 2.47. The summed E-state index contributed by atoms with van der Waals surface area (Å²) < 4.78 is 4.56. The summed E-state index contributed by atoms with van der Waals surface area (Å²) in [5.74, 6) is -1.04. The molecule has 102 valence electrons. The van der Waals surface area contributed by atoms with Gasteiger partial charge in [0.2, 0.25) is 0 Å². The molecule has 0 saturated carbocycles. The summed E-state index contributed by atoms with van der Waals surface area (Å²) in [7, 11) is 1.28. The first-order chi connectivity index (χ1) is 9.61. The Balaban J connectivity index is 2.15. The van der Waals surface area contributed by atoms with Gasteiger partial charge < -0.3 is 15.0 Å². The van der Waals surface area contributed by atoms with Gasteiger partial charge in [-0.2, -0.15) is 0 Å². The number of carbonyl (C=O) groups is 2. The lowest BCUT2D eigenvalue weighted by atomic mass is 10.2. The monoisotopic (exact) mass is 273 g/mol. The number of methoxy groups -OCH3 is 1. The van der Waals surface area contributed by atoms with Crippen LogP contribution in [0.3, 0.4) is 0 Å².